The highest BCUT2D eigenvalue weighted by Crippen LogP contribution is 2.43. The van der Waals surface area contributed by atoms with Gasteiger partial charge in [0.2, 0.25) is 0 Å². The number of hydrogen-bond acceptors (Lipinski definition) is 3. The zero-order chi connectivity index (χ0) is 17.7. The number of para-hydroxylation sites is 1. The lowest BCUT2D eigenvalue weighted by Crippen LogP contribution is -2.26. The smallest absolute Gasteiger partial charge is 0.320 e. The van der Waals surface area contributed by atoms with Crippen molar-refractivity contribution in [3.63, 3.8) is 0 Å². The first kappa shape index (κ1) is 15.2. The summed E-state index contributed by atoms with van der Waals surface area (Å²) < 4.78 is 0. The van der Waals surface area contributed by atoms with Crippen LogP contribution in [-0.4, -0.2) is 21.9 Å². The first-order chi connectivity index (χ1) is 12.7. The Hall–Kier alpha value is -3.05. The summed E-state index contributed by atoms with van der Waals surface area (Å²) in [6, 6.07) is 18.6. The third-order valence-corrected chi connectivity index (χ3v) is 5.18. The standard InChI is InChI=1S/C21H18BN3O/c1-22(26)14-8-6-13(7-9-14)20-17-12-24-21-19(17)16(10-11-23-21)15-4-2-3-5-18(15)25-20/h2-12,20,25-26H,1H3,(H,23,24). The van der Waals surface area contributed by atoms with Crippen molar-refractivity contribution in [2.75, 3.05) is 5.32 Å². The second kappa shape index (κ2) is 5.75. The Morgan fingerprint density at radius 2 is 1.81 bits per heavy atom. The Kier molecular flexibility index (Phi) is 3.37. The molecule has 5 rings (SSSR count). The summed E-state index contributed by atoms with van der Waals surface area (Å²) in [6.45, 7) is 1.32. The van der Waals surface area contributed by atoms with Crippen LogP contribution in [0.25, 0.3) is 22.2 Å². The fraction of sp³-hybridized carbons (Fsp3) is 0.0952. The molecule has 1 aliphatic heterocycles. The number of hydrogen-bond donors (Lipinski definition) is 3. The van der Waals surface area contributed by atoms with Gasteiger partial charge in [0.15, 0.2) is 0 Å². The number of nitrogens with zero attached hydrogens (tertiary/aromatic N) is 1. The van der Waals surface area contributed by atoms with Crippen LogP contribution in [-0.2, 0) is 0 Å². The Balaban J connectivity index is 1.74. The van der Waals surface area contributed by atoms with E-state index >= 15 is 0 Å². The number of fused-ring (bicyclic) bond motifs is 2. The number of rotatable bonds is 2. The van der Waals surface area contributed by atoms with Crippen LogP contribution in [0.15, 0.2) is 67.0 Å². The summed E-state index contributed by atoms with van der Waals surface area (Å²) in [5, 5.41) is 14.7. The van der Waals surface area contributed by atoms with Gasteiger partial charge < -0.3 is 15.3 Å². The minimum absolute atomic E-state index is 0.0124. The molecule has 126 valence electrons. The van der Waals surface area contributed by atoms with Gasteiger partial charge in [-0.1, -0.05) is 49.3 Å². The van der Waals surface area contributed by atoms with Crippen molar-refractivity contribution in [1.29, 1.82) is 0 Å². The normalized spacial score (nSPS) is 15.2. The molecule has 2 aromatic heterocycles. The average molecular weight is 339 g/mol. The fourth-order valence-corrected chi connectivity index (χ4v) is 3.84. The summed E-state index contributed by atoms with van der Waals surface area (Å²) in [6.07, 6.45) is 3.90. The summed E-state index contributed by atoms with van der Waals surface area (Å²) in [7, 11) is 0. The van der Waals surface area contributed by atoms with E-state index in [1.165, 1.54) is 16.7 Å². The predicted octanol–water partition coefficient (Wildman–Crippen LogP) is 3.57. The van der Waals surface area contributed by atoms with Crippen molar-refractivity contribution < 1.29 is 5.02 Å². The molecular weight excluding hydrogens is 321 g/mol. The molecule has 1 aliphatic rings. The predicted molar refractivity (Wildman–Crippen MR) is 107 cm³/mol. The number of aromatic amines is 1. The van der Waals surface area contributed by atoms with Crippen LogP contribution in [0, 0.1) is 0 Å². The molecule has 0 aliphatic carbocycles. The van der Waals surface area contributed by atoms with Crippen molar-refractivity contribution in [3.8, 4) is 11.1 Å². The van der Waals surface area contributed by atoms with Crippen LogP contribution in [0.4, 0.5) is 5.69 Å². The van der Waals surface area contributed by atoms with Crippen LogP contribution in [0.3, 0.4) is 0 Å². The maximum absolute atomic E-state index is 9.79. The van der Waals surface area contributed by atoms with Gasteiger partial charge in [0.05, 0.1) is 6.04 Å². The lowest BCUT2D eigenvalue weighted by Gasteiger charge is -2.20. The summed E-state index contributed by atoms with van der Waals surface area (Å²) >= 11 is 0. The van der Waals surface area contributed by atoms with E-state index in [2.05, 4.69) is 57.7 Å². The Morgan fingerprint density at radius 1 is 1.00 bits per heavy atom. The number of anilines is 1. The van der Waals surface area contributed by atoms with E-state index in [0.29, 0.717) is 0 Å². The first-order valence-corrected chi connectivity index (χ1v) is 8.82. The van der Waals surface area contributed by atoms with Gasteiger partial charge in [-0.25, -0.2) is 4.98 Å². The monoisotopic (exact) mass is 339 g/mol. The van der Waals surface area contributed by atoms with Gasteiger partial charge in [-0.15, -0.1) is 0 Å². The van der Waals surface area contributed by atoms with Crippen LogP contribution in [0.1, 0.15) is 17.2 Å². The number of aromatic nitrogens is 2. The zero-order valence-electron chi connectivity index (χ0n) is 14.4. The highest BCUT2D eigenvalue weighted by atomic mass is 16.2. The number of pyridine rings is 1. The molecule has 4 aromatic rings. The molecule has 26 heavy (non-hydrogen) atoms. The molecule has 1 atom stereocenters. The first-order valence-electron chi connectivity index (χ1n) is 8.82. The third-order valence-electron chi connectivity index (χ3n) is 5.18. The Bertz CT molecular complexity index is 1100. The maximum Gasteiger partial charge on any atom is 0.320 e. The van der Waals surface area contributed by atoms with Gasteiger partial charge in [-0.2, -0.15) is 0 Å². The summed E-state index contributed by atoms with van der Waals surface area (Å²) in [5.74, 6) is 0. The highest BCUT2D eigenvalue weighted by molar-refractivity contribution is 6.64. The van der Waals surface area contributed by atoms with Gasteiger partial charge in [0.1, 0.15) is 5.65 Å². The van der Waals surface area contributed by atoms with Crippen molar-refractivity contribution >= 4 is 29.1 Å². The van der Waals surface area contributed by atoms with E-state index in [0.717, 1.165) is 27.7 Å². The molecule has 0 fully saturated rings. The summed E-state index contributed by atoms with van der Waals surface area (Å²) in [5.41, 5.74) is 7.65. The lowest BCUT2D eigenvalue weighted by molar-refractivity contribution is 0.594. The second-order valence-electron chi connectivity index (χ2n) is 6.79. The molecule has 3 N–H and O–H groups in total. The highest BCUT2D eigenvalue weighted by Gasteiger charge is 2.25. The third kappa shape index (κ3) is 2.25. The Morgan fingerprint density at radius 3 is 2.62 bits per heavy atom. The molecule has 0 amide bonds. The number of benzene rings is 2. The lowest BCUT2D eigenvalue weighted by atomic mass is 9.64. The van der Waals surface area contributed by atoms with Gasteiger partial charge in [0.25, 0.3) is 0 Å². The van der Waals surface area contributed by atoms with Crippen LogP contribution >= 0.6 is 0 Å². The summed E-state index contributed by atoms with van der Waals surface area (Å²) in [4.78, 5) is 7.82. The molecule has 0 saturated carbocycles. The Labute approximate surface area is 152 Å². The molecule has 5 heteroatoms. The van der Waals surface area contributed by atoms with E-state index in [1.807, 2.05) is 24.5 Å². The van der Waals surface area contributed by atoms with Crippen LogP contribution in [0.2, 0.25) is 6.82 Å². The minimum atomic E-state index is -0.462. The van der Waals surface area contributed by atoms with Gasteiger partial charge in [-0.05, 0) is 28.7 Å². The average Bonchev–Trinajstić information content (AvgIpc) is 3.04. The molecule has 0 spiro atoms. The molecule has 2 aromatic carbocycles. The van der Waals surface area contributed by atoms with Crippen molar-refractivity contribution in [2.24, 2.45) is 0 Å². The van der Waals surface area contributed by atoms with E-state index in [1.54, 1.807) is 6.82 Å². The molecule has 4 nitrogen and oxygen atoms in total. The molecule has 3 heterocycles. The van der Waals surface area contributed by atoms with Crippen molar-refractivity contribution in [1.82, 2.24) is 9.97 Å². The molecule has 0 radical (unpaired) electrons. The molecule has 0 saturated heterocycles. The largest absolute Gasteiger partial charge is 0.447 e. The van der Waals surface area contributed by atoms with Crippen molar-refractivity contribution in [3.05, 3.63) is 78.1 Å². The van der Waals surface area contributed by atoms with Gasteiger partial charge >= 0.3 is 6.92 Å². The van der Waals surface area contributed by atoms with Gasteiger partial charge in [0, 0.05) is 34.6 Å². The minimum Gasteiger partial charge on any atom is -0.447 e. The fourth-order valence-electron chi connectivity index (χ4n) is 3.84. The van der Waals surface area contributed by atoms with E-state index in [9.17, 15) is 5.02 Å². The zero-order valence-corrected chi connectivity index (χ0v) is 14.4. The van der Waals surface area contributed by atoms with E-state index < -0.39 is 6.92 Å². The van der Waals surface area contributed by atoms with Gasteiger partial charge in [-0.3, -0.25) is 0 Å². The SMILES string of the molecule is CB(O)c1ccc(C2Nc3ccccc3-c3ccnc4[nH]cc2c34)cc1. The molecular formula is C21H18BN3O. The second-order valence-corrected chi connectivity index (χ2v) is 6.79. The van der Waals surface area contributed by atoms with Crippen molar-refractivity contribution in [2.45, 2.75) is 12.9 Å². The topological polar surface area (TPSA) is 60.9 Å². The molecule has 1 unspecified atom stereocenters. The quantitative estimate of drug-likeness (QED) is 0.489. The van der Waals surface area contributed by atoms with Crippen LogP contribution < -0.4 is 10.8 Å². The number of nitrogens with one attached hydrogen (secondary N) is 2. The maximum atomic E-state index is 9.79. The number of H-pyrrole nitrogens is 1. The van der Waals surface area contributed by atoms with Crippen LogP contribution in [0.5, 0.6) is 0 Å². The molecule has 0 bridgehead atoms. The van der Waals surface area contributed by atoms with E-state index in [4.69, 9.17) is 0 Å². The van der Waals surface area contributed by atoms with E-state index in [-0.39, 0.29) is 6.04 Å².